The Morgan fingerprint density at radius 1 is 1.17 bits per heavy atom. The third kappa shape index (κ3) is 4.58. The van der Waals surface area contributed by atoms with E-state index in [0.29, 0.717) is 37.4 Å². The highest BCUT2D eigenvalue weighted by atomic mass is 19.1. The topological polar surface area (TPSA) is 62.6 Å². The maximum atomic E-state index is 13.8. The highest BCUT2D eigenvalue weighted by Gasteiger charge is 2.37. The summed E-state index contributed by atoms with van der Waals surface area (Å²) in [5, 5.41) is 2.95. The van der Waals surface area contributed by atoms with Gasteiger partial charge in [0.05, 0.1) is 18.7 Å². The van der Waals surface area contributed by atoms with E-state index in [-0.39, 0.29) is 35.4 Å². The van der Waals surface area contributed by atoms with Gasteiger partial charge in [0, 0.05) is 24.9 Å². The molecule has 160 valence electrons. The summed E-state index contributed by atoms with van der Waals surface area (Å²) >= 11 is 0. The van der Waals surface area contributed by atoms with Crippen molar-refractivity contribution in [2.24, 2.45) is 11.8 Å². The van der Waals surface area contributed by atoms with Gasteiger partial charge in [0.25, 0.3) is 0 Å². The van der Waals surface area contributed by atoms with Crippen LogP contribution in [0.5, 0.6) is 0 Å². The molecule has 2 fully saturated rings. The van der Waals surface area contributed by atoms with Crippen LogP contribution in [0, 0.1) is 24.6 Å². The molecule has 0 unspecified atom stereocenters. The van der Waals surface area contributed by atoms with Crippen LogP contribution in [0.2, 0.25) is 0 Å². The van der Waals surface area contributed by atoms with Crippen LogP contribution in [-0.4, -0.2) is 29.8 Å². The van der Waals surface area contributed by atoms with Crippen LogP contribution in [0.15, 0.2) is 41.0 Å². The molecular formula is C24H29FN2O3. The van der Waals surface area contributed by atoms with E-state index in [4.69, 9.17) is 4.42 Å². The number of benzene rings is 1. The number of halogens is 1. The Balaban J connectivity index is 1.51. The lowest BCUT2D eigenvalue weighted by Crippen LogP contribution is -2.49. The number of nitrogens with one attached hydrogen (secondary N) is 1. The minimum absolute atomic E-state index is 0.0164. The summed E-state index contributed by atoms with van der Waals surface area (Å²) in [5.74, 6) is 0.353. The van der Waals surface area contributed by atoms with Crippen LogP contribution in [-0.2, 0) is 16.1 Å². The molecule has 2 aromatic rings. The molecule has 1 saturated heterocycles. The number of carbonyl (C=O) groups excluding carboxylic acids is 2. The highest BCUT2D eigenvalue weighted by Crippen LogP contribution is 2.34. The zero-order valence-electron chi connectivity index (χ0n) is 17.4. The first-order valence-corrected chi connectivity index (χ1v) is 10.9. The molecule has 6 heteroatoms. The average molecular weight is 413 g/mol. The standard InChI is InChI=1S/C24H29FN2O3/c1-16-11-18(8-9-22(16)25)19-12-20(23(28)26-13-21-7-4-10-30-21)15-27(14-19)24(29)17-5-2-3-6-17/h4,7-11,17,19-20H,2-3,5-6,12-15H2,1H3,(H,26,28)/t19-,20+/m0/s1. The summed E-state index contributed by atoms with van der Waals surface area (Å²) in [5.41, 5.74) is 1.58. The van der Waals surface area contributed by atoms with Gasteiger partial charge in [-0.1, -0.05) is 25.0 Å². The summed E-state index contributed by atoms with van der Waals surface area (Å²) in [7, 11) is 0. The van der Waals surface area contributed by atoms with Crippen LogP contribution < -0.4 is 5.32 Å². The lowest BCUT2D eigenvalue weighted by atomic mass is 9.83. The van der Waals surface area contributed by atoms with Gasteiger partial charge in [-0.15, -0.1) is 0 Å². The summed E-state index contributed by atoms with van der Waals surface area (Å²) in [6, 6.07) is 8.72. The van der Waals surface area contributed by atoms with Crippen molar-refractivity contribution in [2.45, 2.75) is 51.5 Å². The van der Waals surface area contributed by atoms with Gasteiger partial charge >= 0.3 is 0 Å². The molecule has 2 aliphatic rings. The Labute approximate surface area is 176 Å². The van der Waals surface area contributed by atoms with E-state index in [2.05, 4.69) is 5.32 Å². The quantitative estimate of drug-likeness (QED) is 0.802. The minimum Gasteiger partial charge on any atom is -0.467 e. The second-order valence-electron chi connectivity index (χ2n) is 8.66. The van der Waals surface area contributed by atoms with Crippen LogP contribution >= 0.6 is 0 Å². The van der Waals surface area contributed by atoms with Gasteiger partial charge in [0.1, 0.15) is 11.6 Å². The maximum Gasteiger partial charge on any atom is 0.225 e. The first-order valence-electron chi connectivity index (χ1n) is 10.9. The maximum absolute atomic E-state index is 13.8. The van der Waals surface area contributed by atoms with Crippen molar-refractivity contribution >= 4 is 11.8 Å². The van der Waals surface area contributed by atoms with Gasteiger partial charge in [-0.3, -0.25) is 9.59 Å². The number of nitrogens with zero attached hydrogens (tertiary/aromatic N) is 1. The van der Waals surface area contributed by atoms with Crippen LogP contribution in [0.3, 0.4) is 0 Å². The number of hydrogen-bond acceptors (Lipinski definition) is 3. The summed E-state index contributed by atoms with van der Waals surface area (Å²) in [6.45, 7) is 3.11. The zero-order chi connectivity index (χ0) is 21.1. The van der Waals surface area contributed by atoms with E-state index in [1.165, 1.54) is 6.07 Å². The van der Waals surface area contributed by atoms with Crippen molar-refractivity contribution in [3.63, 3.8) is 0 Å². The van der Waals surface area contributed by atoms with Gasteiger partial charge in [-0.2, -0.15) is 0 Å². The van der Waals surface area contributed by atoms with E-state index in [1.54, 1.807) is 25.3 Å². The molecular weight excluding hydrogens is 383 g/mol. The van der Waals surface area contributed by atoms with Crippen molar-refractivity contribution in [1.29, 1.82) is 0 Å². The van der Waals surface area contributed by atoms with Crippen molar-refractivity contribution < 1.29 is 18.4 Å². The third-order valence-electron chi connectivity index (χ3n) is 6.51. The molecule has 2 heterocycles. The summed E-state index contributed by atoms with van der Waals surface area (Å²) in [4.78, 5) is 27.9. The molecule has 1 saturated carbocycles. The Kier molecular flexibility index (Phi) is 6.21. The second kappa shape index (κ2) is 9.02. The minimum atomic E-state index is -0.297. The lowest BCUT2D eigenvalue weighted by molar-refractivity contribution is -0.139. The van der Waals surface area contributed by atoms with Crippen molar-refractivity contribution in [1.82, 2.24) is 10.2 Å². The number of rotatable bonds is 5. The third-order valence-corrected chi connectivity index (χ3v) is 6.51. The second-order valence-corrected chi connectivity index (χ2v) is 8.66. The smallest absolute Gasteiger partial charge is 0.225 e. The summed E-state index contributed by atoms with van der Waals surface area (Å²) < 4.78 is 19.1. The lowest BCUT2D eigenvalue weighted by Gasteiger charge is -2.38. The van der Waals surface area contributed by atoms with Crippen molar-refractivity contribution in [3.8, 4) is 0 Å². The SMILES string of the molecule is Cc1cc([C@H]2C[C@@H](C(=O)NCc3ccco3)CN(C(=O)C3CCCC3)C2)ccc1F. The number of furan rings is 1. The predicted molar refractivity (Wildman–Crippen MR) is 111 cm³/mol. The zero-order valence-corrected chi connectivity index (χ0v) is 17.4. The highest BCUT2D eigenvalue weighted by molar-refractivity contribution is 5.82. The first kappa shape index (κ1) is 20.6. The fraction of sp³-hybridized carbons (Fsp3) is 0.500. The van der Waals surface area contributed by atoms with E-state index < -0.39 is 0 Å². The fourth-order valence-corrected chi connectivity index (χ4v) is 4.80. The summed E-state index contributed by atoms with van der Waals surface area (Å²) in [6.07, 6.45) is 6.28. The Bertz CT molecular complexity index is 890. The molecule has 1 aromatic heterocycles. The molecule has 1 aromatic carbocycles. The monoisotopic (exact) mass is 412 g/mol. The molecule has 30 heavy (non-hydrogen) atoms. The number of likely N-dealkylation sites (tertiary alicyclic amines) is 1. The van der Waals surface area contributed by atoms with Crippen LogP contribution in [0.4, 0.5) is 4.39 Å². The predicted octanol–water partition coefficient (Wildman–Crippen LogP) is 4.17. The molecule has 4 rings (SSSR count). The normalized spacial score (nSPS) is 22.3. The molecule has 0 spiro atoms. The van der Waals surface area contributed by atoms with E-state index in [0.717, 1.165) is 31.2 Å². The largest absolute Gasteiger partial charge is 0.467 e. The molecule has 1 aliphatic heterocycles. The average Bonchev–Trinajstić information content (AvgIpc) is 3.47. The first-order chi connectivity index (χ1) is 14.5. The number of hydrogen-bond donors (Lipinski definition) is 1. The van der Waals surface area contributed by atoms with E-state index in [9.17, 15) is 14.0 Å². The van der Waals surface area contributed by atoms with Gasteiger partial charge in [-0.25, -0.2) is 4.39 Å². The molecule has 2 amide bonds. The van der Waals surface area contributed by atoms with Gasteiger partial charge in [-0.05, 0) is 55.5 Å². The molecule has 1 N–H and O–H groups in total. The Hall–Kier alpha value is -2.63. The number of carbonyl (C=O) groups is 2. The van der Waals surface area contributed by atoms with E-state index >= 15 is 0 Å². The number of piperidine rings is 1. The van der Waals surface area contributed by atoms with E-state index in [1.807, 2.05) is 17.0 Å². The van der Waals surface area contributed by atoms with Gasteiger partial charge < -0.3 is 14.6 Å². The molecule has 5 nitrogen and oxygen atoms in total. The molecule has 0 radical (unpaired) electrons. The fourth-order valence-electron chi connectivity index (χ4n) is 4.80. The van der Waals surface area contributed by atoms with Crippen molar-refractivity contribution in [3.05, 3.63) is 59.3 Å². The van der Waals surface area contributed by atoms with Gasteiger partial charge in [0.2, 0.25) is 11.8 Å². The Morgan fingerprint density at radius 3 is 2.67 bits per heavy atom. The molecule has 0 bridgehead atoms. The van der Waals surface area contributed by atoms with Crippen LogP contribution in [0.1, 0.15) is 54.9 Å². The van der Waals surface area contributed by atoms with Crippen molar-refractivity contribution in [2.75, 3.05) is 13.1 Å². The number of amides is 2. The Morgan fingerprint density at radius 2 is 1.97 bits per heavy atom. The van der Waals surface area contributed by atoms with Crippen LogP contribution in [0.25, 0.3) is 0 Å². The molecule has 1 aliphatic carbocycles. The van der Waals surface area contributed by atoms with Gasteiger partial charge in [0.15, 0.2) is 0 Å². The molecule has 2 atom stereocenters. The number of aryl methyl sites for hydroxylation is 1.